The van der Waals surface area contributed by atoms with E-state index in [1.807, 2.05) is 11.6 Å². The number of rotatable bonds is 6. The van der Waals surface area contributed by atoms with Crippen molar-refractivity contribution in [2.24, 2.45) is 5.41 Å². The Morgan fingerprint density at radius 2 is 1.94 bits per heavy atom. The van der Waals surface area contributed by atoms with Gasteiger partial charge in [0.2, 0.25) is 0 Å². The SMILES string of the molecule is CCn1nc(C)cc1CC(CC)(CCl)CCl. The van der Waals surface area contributed by atoms with Crippen molar-refractivity contribution in [1.82, 2.24) is 9.78 Å². The molecule has 0 aromatic carbocycles. The van der Waals surface area contributed by atoms with Crippen LogP contribution in [0, 0.1) is 12.3 Å². The first-order valence-electron chi connectivity index (χ1n) is 5.76. The summed E-state index contributed by atoms with van der Waals surface area (Å²) in [6, 6.07) is 2.13. The Bertz CT molecular complexity index is 321. The number of halogens is 2. The summed E-state index contributed by atoms with van der Waals surface area (Å²) in [5.41, 5.74) is 2.30. The molecule has 0 unspecified atom stereocenters. The third kappa shape index (κ3) is 2.92. The van der Waals surface area contributed by atoms with Crippen molar-refractivity contribution in [2.45, 2.75) is 40.2 Å². The molecule has 16 heavy (non-hydrogen) atoms. The van der Waals surface area contributed by atoms with Crippen molar-refractivity contribution in [2.75, 3.05) is 11.8 Å². The number of alkyl halides is 2. The lowest BCUT2D eigenvalue weighted by atomic mass is 9.84. The first-order valence-corrected chi connectivity index (χ1v) is 6.83. The van der Waals surface area contributed by atoms with Gasteiger partial charge < -0.3 is 0 Å². The van der Waals surface area contributed by atoms with Crippen molar-refractivity contribution in [3.05, 3.63) is 17.5 Å². The highest BCUT2D eigenvalue weighted by molar-refractivity contribution is 6.21. The average molecular weight is 263 g/mol. The van der Waals surface area contributed by atoms with Crippen LogP contribution in [0.3, 0.4) is 0 Å². The summed E-state index contributed by atoms with van der Waals surface area (Å²) in [6.45, 7) is 7.16. The fourth-order valence-electron chi connectivity index (χ4n) is 1.84. The van der Waals surface area contributed by atoms with Crippen LogP contribution in [-0.4, -0.2) is 21.5 Å². The minimum Gasteiger partial charge on any atom is -0.270 e. The smallest absolute Gasteiger partial charge is 0.0596 e. The van der Waals surface area contributed by atoms with E-state index in [2.05, 4.69) is 25.0 Å². The molecule has 1 aromatic rings. The monoisotopic (exact) mass is 262 g/mol. The Morgan fingerprint density at radius 1 is 1.31 bits per heavy atom. The van der Waals surface area contributed by atoms with Crippen LogP contribution < -0.4 is 0 Å². The summed E-state index contributed by atoms with van der Waals surface area (Å²) in [5.74, 6) is 1.20. The van der Waals surface area contributed by atoms with Gasteiger partial charge in [-0.2, -0.15) is 5.10 Å². The number of aryl methyl sites for hydroxylation is 2. The number of aromatic nitrogens is 2. The maximum atomic E-state index is 6.06. The molecule has 1 rings (SSSR count). The van der Waals surface area contributed by atoms with Crippen LogP contribution in [0.4, 0.5) is 0 Å². The molecule has 92 valence electrons. The van der Waals surface area contributed by atoms with Gasteiger partial charge in [-0.15, -0.1) is 23.2 Å². The quantitative estimate of drug-likeness (QED) is 0.717. The molecule has 0 fully saturated rings. The third-order valence-electron chi connectivity index (χ3n) is 3.16. The maximum Gasteiger partial charge on any atom is 0.0596 e. The molecule has 4 heteroatoms. The first-order chi connectivity index (χ1) is 7.60. The van der Waals surface area contributed by atoms with E-state index in [0.29, 0.717) is 11.8 Å². The maximum absolute atomic E-state index is 6.06. The Kier molecular flexibility index (Phi) is 5.13. The molecule has 0 saturated heterocycles. The minimum absolute atomic E-state index is 0.00248. The van der Waals surface area contributed by atoms with E-state index in [1.54, 1.807) is 0 Å². The lowest BCUT2D eigenvalue weighted by Crippen LogP contribution is -2.28. The van der Waals surface area contributed by atoms with Gasteiger partial charge in [-0.25, -0.2) is 0 Å². The molecule has 1 heterocycles. The largest absolute Gasteiger partial charge is 0.270 e. The predicted molar refractivity (Wildman–Crippen MR) is 70.5 cm³/mol. The van der Waals surface area contributed by atoms with Crippen molar-refractivity contribution in [1.29, 1.82) is 0 Å². The topological polar surface area (TPSA) is 17.8 Å². The molecule has 0 amide bonds. The van der Waals surface area contributed by atoms with Gasteiger partial charge in [-0.05, 0) is 32.8 Å². The van der Waals surface area contributed by atoms with Crippen LogP contribution in [0.1, 0.15) is 31.7 Å². The second-order valence-corrected chi connectivity index (χ2v) is 4.92. The standard InChI is InChI=1S/C12H20Cl2N2/c1-4-12(8-13,9-14)7-11-6-10(3)15-16(11)5-2/h6H,4-5,7-9H2,1-3H3. The highest BCUT2D eigenvalue weighted by Gasteiger charge is 2.28. The lowest BCUT2D eigenvalue weighted by Gasteiger charge is -2.28. The normalized spacial score (nSPS) is 12.1. The molecule has 0 atom stereocenters. The Balaban J connectivity index is 2.92. The second-order valence-electron chi connectivity index (χ2n) is 4.39. The Morgan fingerprint density at radius 3 is 2.38 bits per heavy atom. The van der Waals surface area contributed by atoms with E-state index in [1.165, 1.54) is 5.69 Å². The first kappa shape index (κ1) is 13.9. The van der Waals surface area contributed by atoms with Crippen LogP contribution in [0.5, 0.6) is 0 Å². The molecular weight excluding hydrogens is 243 g/mol. The van der Waals surface area contributed by atoms with Crippen molar-refractivity contribution in [3.63, 3.8) is 0 Å². The van der Waals surface area contributed by atoms with E-state index in [9.17, 15) is 0 Å². The van der Waals surface area contributed by atoms with Gasteiger partial charge in [0.1, 0.15) is 0 Å². The summed E-state index contributed by atoms with van der Waals surface area (Å²) < 4.78 is 2.04. The van der Waals surface area contributed by atoms with Gasteiger partial charge in [0.25, 0.3) is 0 Å². The summed E-state index contributed by atoms with van der Waals surface area (Å²) >= 11 is 12.1. The van der Waals surface area contributed by atoms with E-state index >= 15 is 0 Å². The molecule has 1 aromatic heterocycles. The van der Waals surface area contributed by atoms with Crippen LogP contribution >= 0.6 is 23.2 Å². The fraction of sp³-hybridized carbons (Fsp3) is 0.750. The van der Waals surface area contributed by atoms with Gasteiger partial charge in [0, 0.05) is 29.4 Å². The third-order valence-corrected chi connectivity index (χ3v) is 4.29. The van der Waals surface area contributed by atoms with E-state index in [0.717, 1.165) is 25.1 Å². The molecule has 0 N–H and O–H groups in total. The molecule has 0 bridgehead atoms. The summed E-state index contributed by atoms with van der Waals surface area (Å²) in [7, 11) is 0. The van der Waals surface area contributed by atoms with Gasteiger partial charge in [0.15, 0.2) is 0 Å². The Labute approximate surface area is 108 Å². The van der Waals surface area contributed by atoms with Crippen LogP contribution in [0.25, 0.3) is 0 Å². The van der Waals surface area contributed by atoms with Crippen LogP contribution in [0.15, 0.2) is 6.07 Å². The zero-order valence-electron chi connectivity index (χ0n) is 10.3. The molecule has 0 saturated carbocycles. The number of hydrogen-bond acceptors (Lipinski definition) is 1. The van der Waals surface area contributed by atoms with Gasteiger partial charge in [0.05, 0.1) is 5.69 Å². The number of nitrogens with zero attached hydrogens (tertiary/aromatic N) is 2. The van der Waals surface area contributed by atoms with Crippen LogP contribution in [-0.2, 0) is 13.0 Å². The molecule has 0 radical (unpaired) electrons. The summed E-state index contributed by atoms with van der Waals surface area (Å²) in [6.07, 6.45) is 1.90. The molecule has 2 nitrogen and oxygen atoms in total. The summed E-state index contributed by atoms with van der Waals surface area (Å²) in [4.78, 5) is 0. The lowest BCUT2D eigenvalue weighted by molar-refractivity contribution is 0.349. The zero-order valence-corrected chi connectivity index (χ0v) is 11.8. The fourth-order valence-corrected chi connectivity index (χ4v) is 2.70. The Hall–Kier alpha value is -0.210. The highest BCUT2D eigenvalue weighted by atomic mass is 35.5. The minimum atomic E-state index is 0.00248. The van der Waals surface area contributed by atoms with Crippen molar-refractivity contribution < 1.29 is 0 Å². The molecule has 0 aliphatic carbocycles. The van der Waals surface area contributed by atoms with E-state index < -0.39 is 0 Å². The number of hydrogen-bond donors (Lipinski definition) is 0. The zero-order chi connectivity index (χ0) is 12.2. The van der Waals surface area contributed by atoms with E-state index in [4.69, 9.17) is 23.2 Å². The van der Waals surface area contributed by atoms with E-state index in [-0.39, 0.29) is 5.41 Å². The predicted octanol–water partition coefficient (Wildman–Crippen LogP) is 3.63. The molecule has 0 aliphatic heterocycles. The van der Waals surface area contributed by atoms with Crippen molar-refractivity contribution in [3.8, 4) is 0 Å². The van der Waals surface area contributed by atoms with Crippen LogP contribution in [0.2, 0.25) is 0 Å². The van der Waals surface area contributed by atoms with Gasteiger partial charge >= 0.3 is 0 Å². The molecular formula is C12H20Cl2N2. The van der Waals surface area contributed by atoms with Gasteiger partial charge in [-0.3, -0.25) is 4.68 Å². The van der Waals surface area contributed by atoms with Gasteiger partial charge in [-0.1, -0.05) is 6.92 Å². The second kappa shape index (κ2) is 5.92. The summed E-state index contributed by atoms with van der Waals surface area (Å²) in [5, 5.41) is 4.45. The average Bonchev–Trinajstić information content (AvgIpc) is 2.66. The van der Waals surface area contributed by atoms with Crippen molar-refractivity contribution >= 4 is 23.2 Å². The molecule has 0 spiro atoms. The highest BCUT2D eigenvalue weighted by Crippen LogP contribution is 2.30. The molecule has 0 aliphatic rings.